The van der Waals surface area contributed by atoms with E-state index in [-0.39, 0.29) is 0 Å². The maximum Gasteiger partial charge on any atom is 0.131 e. The standard InChI is InChI=1S/C12H12NO/c1-9-7-10(8-14-2)13-12-6-4-3-5-11(9)12/h3-8H,1-2H3. The summed E-state index contributed by atoms with van der Waals surface area (Å²) in [6, 6.07) is 10.1. The molecule has 1 heterocycles. The molecule has 71 valence electrons. The summed E-state index contributed by atoms with van der Waals surface area (Å²) in [5.41, 5.74) is 3.10. The Bertz CT molecular complexity index is 451. The maximum atomic E-state index is 4.94. The van der Waals surface area contributed by atoms with Gasteiger partial charge in [0.25, 0.3) is 0 Å². The summed E-state index contributed by atoms with van der Waals surface area (Å²) >= 11 is 0. The third-order valence-corrected chi connectivity index (χ3v) is 2.18. The predicted octanol–water partition coefficient (Wildman–Crippen LogP) is 2.70. The van der Waals surface area contributed by atoms with Crippen LogP contribution in [0.3, 0.4) is 0 Å². The van der Waals surface area contributed by atoms with Crippen molar-refractivity contribution in [3.05, 3.63) is 48.2 Å². The molecule has 0 N–H and O–H groups in total. The topological polar surface area (TPSA) is 22.1 Å². The summed E-state index contributed by atoms with van der Waals surface area (Å²) in [6.45, 7) is 3.73. The number of methoxy groups -OCH3 is 1. The second-order valence-electron chi connectivity index (χ2n) is 3.23. The van der Waals surface area contributed by atoms with Crippen LogP contribution in [0.4, 0.5) is 0 Å². The van der Waals surface area contributed by atoms with Gasteiger partial charge in [-0.3, -0.25) is 0 Å². The molecule has 1 radical (unpaired) electrons. The Labute approximate surface area is 83.5 Å². The second kappa shape index (κ2) is 3.76. The molecule has 0 unspecified atom stereocenters. The van der Waals surface area contributed by atoms with Gasteiger partial charge in [0.1, 0.15) is 6.61 Å². The average molecular weight is 186 g/mol. The minimum atomic E-state index is 0.865. The fourth-order valence-electron chi connectivity index (χ4n) is 1.56. The smallest absolute Gasteiger partial charge is 0.131 e. The first-order valence-corrected chi connectivity index (χ1v) is 4.53. The molecule has 0 aliphatic carbocycles. The molecule has 0 aliphatic rings. The summed E-state index contributed by atoms with van der Waals surface area (Å²) < 4.78 is 4.94. The lowest BCUT2D eigenvalue weighted by atomic mass is 10.1. The van der Waals surface area contributed by atoms with Crippen LogP contribution >= 0.6 is 0 Å². The summed E-state index contributed by atoms with van der Waals surface area (Å²) in [5, 5.41) is 1.20. The number of aryl methyl sites for hydroxylation is 1. The van der Waals surface area contributed by atoms with Crippen LogP contribution in [0.5, 0.6) is 0 Å². The van der Waals surface area contributed by atoms with Gasteiger partial charge < -0.3 is 4.74 Å². The van der Waals surface area contributed by atoms with Gasteiger partial charge in [-0.15, -0.1) is 0 Å². The summed E-state index contributed by atoms with van der Waals surface area (Å²) in [6.07, 6.45) is 0. The third kappa shape index (κ3) is 1.61. The number of aromatic nitrogens is 1. The number of rotatable bonds is 2. The highest BCUT2D eigenvalue weighted by Crippen LogP contribution is 2.17. The molecule has 2 rings (SSSR count). The number of benzene rings is 1. The number of pyridine rings is 1. The first-order valence-electron chi connectivity index (χ1n) is 4.53. The summed E-state index contributed by atoms with van der Waals surface area (Å²) in [5.74, 6) is 0. The Morgan fingerprint density at radius 2 is 2.07 bits per heavy atom. The van der Waals surface area contributed by atoms with Gasteiger partial charge in [0, 0.05) is 12.5 Å². The van der Waals surface area contributed by atoms with Gasteiger partial charge >= 0.3 is 0 Å². The van der Waals surface area contributed by atoms with E-state index in [1.54, 1.807) is 13.7 Å². The molecule has 14 heavy (non-hydrogen) atoms. The first-order chi connectivity index (χ1) is 6.81. The molecule has 2 nitrogen and oxygen atoms in total. The van der Waals surface area contributed by atoms with Gasteiger partial charge in [0.2, 0.25) is 0 Å². The zero-order chi connectivity index (χ0) is 9.97. The van der Waals surface area contributed by atoms with Crippen molar-refractivity contribution < 1.29 is 4.74 Å². The van der Waals surface area contributed by atoms with Gasteiger partial charge in [-0.25, -0.2) is 4.98 Å². The Morgan fingerprint density at radius 3 is 2.86 bits per heavy atom. The van der Waals surface area contributed by atoms with E-state index in [2.05, 4.69) is 18.0 Å². The highest BCUT2D eigenvalue weighted by molar-refractivity contribution is 5.82. The first kappa shape index (κ1) is 9.16. The third-order valence-electron chi connectivity index (χ3n) is 2.18. The molecule has 2 heteroatoms. The Kier molecular flexibility index (Phi) is 2.46. The molecule has 1 aromatic heterocycles. The minimum absolute atomic E-state index is 0.865. The van der Waals surface area contributed by atoms with E-state index in [0.717, 1.165) is 11.2 Å². The fraction of sp³-hybridized carbons (Fsp3) is 0.167. The molecule has 2 aromatic rings. The molecular formula is C12H12NO. The lowest BCUT2D eigenvalue weighted by molar-refractivity contribution is 0.290. The van der Waals surface area contributed by atoms with E-state index in [1.165, 1.54) is 10.9 Å². The number of hydrogen-bond donors (Lipinski definition) is 0. The number of hydrogen-bond acceptors (Lipinski definition) is 2. The van der Waals surface area contributed by atoms with E-state index >= 15 is 0 Å². The molecule has 0 atom stereocenters. The van der Waals surface area contributed by atoms with Crippen LogP contribution in [0.1, 0.15) is 11.3 Å². The molecule has 1 aromatic carbocycles. The van der Waals surface area contributed by atoms with Crippen molar-refractivity contribution in [3.8, 4) is 0 Å². The van der Waals surface area contributed by atoms with Crippen LogP contribution in [0.25, 0.3) is 10.9 Å². The number of ether oxygens (including phenoxy) is 1. The van der Waals surface area contributed by atoms with Crippen molar-refractivity contribution >= 4 is 10.9 Å². The number of nitrogens with zero attached hydrogens (tertiary/aromatic N) is 1. The Balaban J connectivity index is 2.60. The van der Waals surface area contributed by atoms with Gasteiger partial charge in [-0.2, -0.15) is 0 Å². The minimum Gasteiger partial charge on any atom is -0.372 e. The fourth-order valence-corrected chi connectivity index (χ4v) is 1.56. The molecule has 0 bridgehead atoms. The normalized spacial score (nSPS) is 10.7. The highest BCUT2D eigenvalue weighted by Gasteiger charge is 2.01. The van der Waals surface area contributed by atoms with Crippen LogP contribution in [-0.2, 0) is 4.74 Å². The van der Waals surface area contributed by atoms with Crippen molar-refractivity contribution in [2.24, 2.45) is 0 Å². The summed E-state index contributed by atoms with van der Waals surface area (Å²) in [4.78, 5) is 4.45. The van der Waals surface area contributed by atoms with Crippen LogP contribution in [0.2, 0.25) is 0 Å². The molecule has 0 fully saturated rings. The van der Waals surface area contributed by atoms with E-state index in [1.807, 2.05) is 24.3 Å². The summed E-state index contributed by atoms with van der Waals surface area (Å²) in [7, 11) is 1.63. The zero-order valence-electron chi connectivity index (χ0n) is 8.32. The van der Waals surface area contributed by atoms with E-state index in [0.29, 0.717) is 0 Å². The van der Waals surface area contributed by atoms with Crippen molar-refractivity contribution in [1.29, 1.82) is 0 Å². The highest BCUT2D eigenvalue weighted by atomic mass is 16.5. The zero-order valence-corrected chi connectivity index (χ0v) is 8.32. The van der Waals surface area contributed by atoms with E-state index in [9.17, 15) is 0 Å². The van der Waals surface area contributed by atoms with E-state index < -0.39 is 0 Å². The molecular weight excluding hydrogens is 174 g/mol. The van der Waals surface area contributed by atoms with Crippen LogP contribution in [0, 0.1) is 13.5 Å². The number of para-hydroxylation sites is 1. The molecule has 0 aliphatic heterocycles. The van der Waals surface area contributed by atoms with Crippen LogP contribution in [0.15, 0.2) is 30.3 Å². The quantitative estimate of drug-likeness (QED) is 0.719. The van der Waals surface area contributed by atoms with Crippen molar-refractivity contribution in [3.63, 3.8) is 0 Å². The SMILES string of the molecule is CO[CH]c1cc(C)c2ccccc2n1. The molecule has 0 amide bonds. The van der Waals surface area contributed by atoms with Gasteiger partial charge in [-0.05, 0) is 24.6 Å². The average Bonchev–Trinajstić information content (AvgIpc) is 2.18. The van der Waals surface area contributed by atoms with E-state index in [4.69, 9.17) is 4.74 Å². The van der Waals surface area contributed by atoms with Crippen molar-refractivity contribution in [2.75, 3.05) is 7.11 Å². The van der Waals surface area contributed by atoms with Crippen molar-refractivity contribution in [1.82, 2.24) is 4.98 Å². The second-order valence-corrected chi connectivity index (χ2v) is 3.23. The number of fused-ring (bicyclic) bond motifs is 1. The van der Waals surface area contributed by atoms with Gasteiger partial charge in [-0.1, -0.05) is 18.2 Å². The monoisotopic (exact) mass is 186 g/mol. The molecule has 0 saturated heterocycles. The lowest BCUT2D eigenvalue weighted by Gasteiger charge is -2.04. The maximum absolute atomic E-state index is 4.94. The Morgan fingerprint density at radius 1 is 1.29 bits per heavy atom. The molecule has 0 spiro atoms. The largest absolute Gasteiger partial charge is 0.372 e. The Hall–Kier alpha value is -1.41. The predicted molar refractivity (Wildman–Crippen MR) is 56.9 cm³/mol. The van der Waals surface area contributed by atoms with Gasteiger partial charge in [0.05, 0.1) is 11.2 Å². The van der Waals surface area contributed by atoms with Crippen LogP contribution in [-0.4, -0.2) is 12.1 Å². The lowest BCUT2D eigenvalue weighted by Crippen LogP contribution is -1.92. The van der Waals surface area contributed by atoms with Crippen LogP contribution < -0.4 is 0 Å². The molecule has 0 saturated carbocycles. The van der Waals surface area contributed by atoms with Crippen molar-refractivity contribution in [2.45, 2.75) is 6.92 Å². The van der Waals surface area contributed by atoms with Gasteiger partial charge in [0.15, 0.2) is 0 Å².